The molecular weight excluding hydrogens is 444 g/mol. The molecule has 0 heterocycles. The molecule has 2 aromatic carbocycles. The maximum absolute atomic E-state index is 13.4. The number of aliphatic carboxylic acids is 1. The number of carboxylic acids is 1. The Hall–Kier alpha value is -3.35. The van der Waals surface area contributed by atoms with Crippen molar-refractivity contribution in [3.05, 3.63) is 71.3 Å². The van der Waals surface area contributed by atoms with Crippen LogP contribution in [0.5, 0.6) is 0 Å². The summed E-state index contributed by atoms with van der Waals surface area (Å²) in [6.07, 6.45) is -0.207. The first-order valence-corrected chi connectivity index (χ1v) is 12.1. The molecule has 0 saturated heterocycles. The van der Waals surface area contributed by atoms with Crippen molar-refractivity contribution in [2.75, 3.05) is 0 Å². The van der Waals surface area contributed by atoms with Gasteiger partial charge < -0.3 is 20.5 Å². The number of hydrogen-bond acceptors (Lipinski definition) is 4. The average Bonchev–Trinajstić information content (AvgIpc) is 3.21. The topological polar surface area (TPSA) is 105 Å². The van der Waals surface area contributed by atoms with Gasteiger partial charge in [-0.05, 0) is 56.2 Å². The van der Waals surface area contributed by atoms with E-state index in [0.717, 1.165) is 11.1 Å². The van der Waals surface area contributed by atoms with E-state index >= 15 is 0 Å². The Balaban J connectivity index is 1.80. The van der Waals surface area contributed by atoms with Gasteiger partial charge in [-0.3, -0.25) is 9.59 Å². The maximum atomic E-state index is 13.4. The summed E-state index contributed by atoms with van der Waals surface area (Å²) in [5.41, 5.74) is 2.36. The summed E-state index contributed by atoms with van der Waals surface area (Å²) < 4.78 is 5.30. The molecule has 2 aromatic rings. The van der Waals surface area contributed by atoms with Gasteiger partial charge in [-0.15, -0.1) is 0 Å². The van der Waals surface area contributed by atoms with Gasteiger partial charge in [0.25, 0.3) is 0 Å². The average molecular weight is 481 g/mol. The molecule has 3 rings (SSSR count). The molecule has 1 saturated carbocycles. The van der Waals surface area contributed by atoms with Gasteiger partial charge in [0.05, 0.1) is 17.9 Å². The van der Waals surface area contributed by atoms with Crippen molar-refractivity contribution in [3.8, 4) is 0 Å². The van der Waals surface area contributed by atoms with Gasteiger partial charge in [-0.2, -0.15) is 0 Å². The Morgan fingerprint density at radius 1 is 0.886 bits per heavy atom. The normalized spacial score (nSPS) is 20.8. The second kappa shape index (κ2) is 10.9. The summed E-state index contributed by atoms with van der Waals surface area (Å²) >= 11 is 0. The molecule has 1 fully saturated rings. The van der Waals surface area contributed by atoms with Crippen molar-refractivity contribution in [1.29, 1.82) is 0 Å². The predicted octanol–water partition coefficient (Wildman–Crippen LogP) is 5.02. The van der Waals surface area contributed by atoms with E-state index in [1.165, 1.54) is 5.56 Å². The van der Waals surface area contributed by atoms with Crippen LogP contribution < -0.4 is 10.6 Å². The van der Waals surface area contributed by atoms with Crippen molar-refractivity contribution < 1.29 is 24.2 Å². The Kier molecular flexibility index (Phi) is 8.20. The molecular formula is C28H36N2O5. The standard InChI is InChI=1S/C28H36N2O5/c1-17(2)18-11-13-20(14-12-18)24(19-9-7-6-8-10-19)30-25(31)22-15-21(16-23(22)26(32)33)29-27(34)35-28(3,4)5/h6-14,17,21-24H,15-16H2,1-5H3,(H,29,34)(H,30,31)(H,32,33)/t21?,22?,23?,24-/m0/s1. The van der Waals surface area contributed by atoms with Crippen LogP contribution in [0.4, 0.5) is 4.79 Å². The fourth-order valence-electron chi connectivity index (χ4n) is 4.52. The van der Waals surface area contributed by atoms with Gasteiger partial charge in [-0.25, -0.2) is 4.79 Å². The van der Waals surface area contributed by atoms with Gasteiger partial charge in [0.1, 0.15) is 5.60 Å². The van der Waals surface area contributed by atoms with Gasteiger partial charge in [0, 0.05) is 6.04 Å². The van der Waals surface area contributed by atoms with Crippen LogP contribution in [0, 0.1) is 11.8 Å². The van der Waals surface area contributed by atoms with Gasteiger partial charge in [0.15, 0.2) is 0 Å². The Morgan fingerprint density at radius 3 is 1.97 bits per heavy atom. The summed E-state index contributed by atoms with van der Waals surface area (Å²) in [4.78, 5) is 37.6. The van der Waals surface area contributed by atoms with Crippen molar-refractivity contribution in [2.24, 2.45) is 11.8 Å². The minimum Gasteiger partial charge on any atom is -0.481 e. The highest BCUT2D eigenvalue weighted by atomic mass is 16.6. The number of carbonyl (C=O) groups excluding carboxylic acids is 2. The van der Waals surface area contributed by atoms with Crippen LogP contribution in [0.25, 0.3) is 0 Å². The second-order valence-corrected chi connectivity index (χ2v) is 10.5. The smallest absolute Gasteiger partial charge is 0.407 e. The van der Waals surface area contributed by atoms with Crippen LogP contribution in [0.2, 0.25) is 0 Å². The highest BCUT2D eigenvalue weighted by Crippen LogP contribution is 2.34. The third kappa shape index (κ3) is 7.07. The van der Waals surface area contributed by atoms with E-state index in [1.807, 2.05) is 42.5 Å². The van der Waals surface area contributed by atoms with Crippen LogP contribution in [-0.4, -0.2) is 34.7 Å². The zero-order valence-electron chi connectivity index (χ0n) is 21.1. The quantitative estimate of drug-likeness (QED) is 0.516. The first-order valence-electron chi connectivity index (χ1n) is 12.1. The predicted molar refractivity (Wildman–Crippen MR) is 134 cm³/mol. The zero-order valence-corrected chi connectivity index (χ0v) is 21.1. The SMILES string of the molecule is CC(C)c1ccc([C@@H](NC(=O)C2CC(NC(=O)OC(C)(C)C)CC2C(=O)O)c2ccccc2)cc1. The van der Waals surface area contributed by atoms with Crippen molar-refractivity contribution >= 4 is 18.0 Å². The largest absolute Gasteiger partial charge is 0.481 e. The minimum absolute atomic E-state index is 0.172. The molecule has 1 aliphatic carbocycles. The van der Waals surface area contributed by atoms with Gasteiger partial charge in [-0.1, -0.05) is 68.4 Å². The van der Waals surface area contributed by atoms with Crippen molar-refractivity contribution in [3.63, 3.8) is 0 Å². The number of carbonyl (C=O) groups is 3. The summed E-state index contributed by atoms with van der Waals surface area (Å²) in [6, 6.07) is 16.9. The molecule has 0 bridgehead atoms. The van der Waals surface area contributed by atoms with Crippen LogP contribution in [-0.2, 0) is 14.3 Å². The van der Waals surface area contributed by atoms with E-state index in [1.54, 1.807) is 20.8 Å². The van der Waals surface area contributed by atoms with Gasteiger partial charge in [0.2, 0.25) is 5.91 Å². The first-order chi connectivity index (χ1) is 16.4. The molecule has 0 aromatic heterocycles. The lowest BCUT2D eigenvalue weighted by molar-refractivity contribution is -0.146. The summed E-state index contributed by atoms with van der Waals surface area (Å²) in [7, 11) is 0. The number of benzene rings is 2. The lowest BCUT2D eigenvalue weighted by atomic mass is 9.92. The Bertz CT molecular complexity index is 1030. The first kappa shape index (κ1) is 26.3. The van der Waals surface area contributed by atoms with Crippen LogP contribution in [0.3, 0.4) is 0 Å². The minimum atomic E-state index is -1.05. The third-order valence-corrected chi connectivity index (χ3v) is 6.29. The third-order valence-electron chi connectivity index (χ3n) is 6.29. The summed E-state index contributed by atoms with van der Waals surface area (Å²) in [6.45, 7) is 9.53. The number of amides is 2. The molecule has 3 N–H and O–H groups in total. The molecule has 188 valence electrons. The molecule has 0 spiro atoms. The van der Waals surface area contributed by atoms with E-state index < -0.39 is 41.6 Å². The zero-order chi connectivity index (χ0) is 25.8. The molecule has 0 aliphatic heterocycles. The molecule has 7 heteroatoms. The van der Waals surface area contributed by atoms with Crippen LogP contribution in [0.1, 0.15) is 76.1 Å². The summed E-state index contributed by atoms with van der Waals surface area (Å²) in [5, 5.41) is 15.6. The molecule has 3 unspecified atom stereocenters. The van der Waals surface area contributed by atoms with Gasteiger partial charge >= 0.3 is 12.1 Å². The number of hydrogen-bond donors (Lipinski definition) is 3. The monoisotopic (exact) mass is 480 g/mol. The fraction of sp³-hybridized carbons (Fsp3) is 0.464. The van der Waals surface area contributed by atoms with Crippen molar-refractivity contribution in [1.82, 2.24) is 10.6 Å². The highest BCUT2D eigenvalue weighted by molar-refractivity contribution is 5.86. The number of nitrogens with one attached hydrogen (secondary N) is 2. The number of alkyl carbamates (subject to hydrolysis) is 1. The molecule has 1 aliphatic rings. The van der Waals surface area contributed by atoms with E-state index in [0.29, 0.717) is 5.92 Å². The molecule has 7 nitrogen and oxygen atoms in total. The van der Waals surface area contributed by atoms with E-state index in [9.17, 15) is 19.5 Å². The van der Waals surface area contributed by atoms with Crippen LogP contribution >= 0.6 is 0 Å². The van der Waals surface area contributed by atoms with Crippen molar-refractivity contribution in [2.45, 2.75) is 71.1 Å². The molecule has 35 heavy (non-hydrogen) atoms. The lowest BCUT2D eigenvalue weighted by Crippen LogP contribution is -2.39. The maximum Gasteiger partial charge on any atom is 0.407 e. The number of ether oxygens (including phenoxy) is 1. The highest BCUT2D eigenvalue weighted by Gasteiger charge is 2.44. The Morgan fingerprint density at radius 2 is 1.43 bits per heavy atom. The number of carboxylic acid groups (broad SMARTS) is 1. The Labute approximate surface area is 207 Å². The van der Waals surface area contributed by atoms with E-state index in [2.05, 4.69) is 36.6 Å². The fourth-order valence-corrected chi connectivity index (χ4v) is 4.52. The van der Waals surface area contributed by atoms with E-state index in [4.69, 9.17) is 4.74 Å². The van der Waals surface area contributed by atoms with Crippen LogP contribution in [0.15, 0.2) is 54.6 Å². The molecule has 2 amide bonds. The van der Waals surface area contributed by atoms with E-state index in [-0.39, 0.29) is 18.7 Å². The summed E-state index contributed by atoms with van der Waals surface area (Å²) in [5.74, 6) is -2.66. The number of rotatable bonds is 7. The molecule has 4 atom stereocenters. The second-order valence-electron chi connectivity index (χ2n) is 10.5. The lowest BCUT2D eigenvalue weighted by Gasteiger charge is -2.24. The molecule has 0 radical (unpaired) electrons.